The zero-order chi connectivity index (χ0) is 17.9. The van der Waals surface area contributed by atoms with E-state index in [1.807, 2.05) is 30.3 Å². The molecule has 2 fully saturated rings. The number of hydrogen-bond acceptors (Lipinski definition) is 5. The molecule has 0 radical (unpaired) electrons. The highest BCUT2D eigenvalue weighted by Crippen LogP contribution is 2.16. The van der Waals surface area contributed by atoms with Gasteiger partial charge >= 0.3 is 0 Å². The molecule has 8 heteroatoms. The number of piperazine rings is 1. The summed E-state index contributed by atoms with van der Waals surface area (Å²) in [6, 6.07) is 9.53. The highest BCUT2D eigenvalue weighted by atomic mass is 16.5. The summed E-state index contributed by atoms with van der Waals surface area (Å²) in [6.07, 6.45) is 3.07. The third-order valence-corrected chi connectivity index (χ3v) is 4.82. The Kier molecular flexibility index (Phi) is 4.66. The van der Waals surface area contributed by atoms with Crippen molar-refractivity contribution >= 4 is 11.8 Å². The van der Waals surface area contributed by atoms with E-state index in [0.717, 1.165) is 18.5 Å². The molecule has 0 bridgehead atoms. The first-order valence-electron chi connectivity index (χ1n) is 8.90. The largest absolute Gasteiger partial charge is 0.368 e. The summed E-state index contributed by atoms with van der Waals surface area (Å²) < 4.78 is 7.05. The maximum atomic E-state index is 12.7. The molecule has 26 heavy (non-hydrogen) atoms. The van der Waals surface area contributed by atoms with E-state index in [-0.39, 0.29) is 17.9 Å². The van der Waals surface area contributed by atoms with Crippen molar-refractivity contribution in [3.63, 3.8) is 0 Å². The third kappa shape index (κ3) is 3.32. The summed E-state index contributed by atoms with van der Waals surface area (Å²) in [5, 5.41) is 8.04. The van der Waals surface area contributed by atoms with E-state index >= 15 is 0 Å². The molecule has 2 aromatic rings. The van der Waals surface area contributed by atoms with Gasteiger partial charge in [-0.3, -0.25) is 9.59 Å². The van der Waals surface area contributed by atoms with Crippen molar-refractivity contribution in [2.24, 2.45) is 0 Å². The molecule has 1 atom stereocenters. The van der Waals surface area contributed by atoms with Crippen LogP contribution in [-0.2, 0) is 9.53 Å². The van der Waals surface area contributed by atoms with E-state index in [9.17, 15) is 9.59 Å². The van der Waals surface area contributed by atoms with Crippen molar-refractivity contribution in [1.82, 2.24) is 24.8 Å². The van der Waals surface area contributed by atoms with Crippen molar-refractivity contribution in [2.45, 2.75) is 18.9 Å². The van der Waals surface area contributed by atoms with Crippen molar-refractivity contribution < 1.29 is 14.3 Å². The summed E-state index contributed by atoms with van der Waals surface area (Å²) in [5.41, 5.74) is 1.17. The smallest absolute Gasteiger partial charge is 0.276 e. The lowest BCUT2D eigenvalue weighted by molar-refractivity contribution is -0.142. The van der Waals surface area contributed by atoms with E-state index in [1.54, 1.807) is 20.7 Å². The van der Waals surface area contributed by atoms with Gasteiger partial charge in [0.1, 0.15) is 6.10 Å². The molecule has 136 valence electrons. The van der Waals surface area contributed by atoms with Crippen molar-refractivity contribution in [3.05, 3.63) is 42.2 Å². The minimum atomic E-state index is -0.303. The third-order valence-electron chi connectivity index (χ3n) is 4.82. The molecule has 1 aromatic carbocycles. The molecular weight excluding hydrogens is 334 g/mol. The first-order valence-corrected chi connectivity index (χ1v) is 8.90. The number of carbonyl (C=O) groups excluding carboxylic acids is 2. The number of amides is 2. The number of carbonyl (C=O) groups is 2. The number of benzene rings is 1. The summed E-state index contributed by atoms with van der Waals surface area (Å²) in [5.74, 6) is -0.110. The zero-order valence-electron chi connectivity index (χ0n) is 14.5. The summed E-state index contributed by atoms with van der Waals surface area (Å²) >= 11 is 0. The molecular formula is C18H21N5O3. The molecule has 8 nitrogen and oxygen atoms in total. The quantitative estimate of drug-likeness (QED) is 0.811. The maximum Gasteiger partial charge on any atom is 0.276 e. The fraction of sp³-hybridized carbons (Fsp3) is 0.444. The molecule has 2 amide bonds. The van der Waals surface area contributed by atoms with Crippen LogP contribution in [-0.4, -0.2) is 75.5 Å². The lowest BCUT2D eigenvalue weighted by atomic mass is 10.2. The van der Waals surface area contributed by atoms with Crippen molar-refractivity contribution in [1.29, 1.82) is 0 Å². The highest BCUT2D eigenvalue weighted by molar-refractivity contribution is 5.92. The number of nitrogens with zero attached hydrogens (tertiary/aromatic N) is 5. The van der Waals surface area contributed by atoms with E-state index in [0.29, 0.717) is 38.5 Å². The maximum absolute atomic E-state index is 12.7. The van der Waals surface area contributed by atoms with Crippen LogP contribution in [0.1, 0.15) is 23.3 Å². The van der Waals surface area contributed by atoms with Gasteiger partial charge in [-0.15, -0.1) is 5.10 Å². The van der Waals surface area contributed by atoms with Crippen molar-refractivity contribution in [2.75, 3.05) is 32.8 Å². The Hall–Kier alpha value is -2.74. The molecule has 1 unspecified atom stereocenters. The van der Waals surface area contributed by atoms with Crippen LogP contribution in [0.2, 0.25) is 0 Å². The van der Waals surface area contributed by atoms with E-state index in [2.05, 4.69) is 10.3 Å². The summed E-state index contributed by atoms with van der Waals surface area (Å²) in [6.45, 7) is 2.70. The molecule has 0 spiro atoms. The van der Waals surface area contributed by atoms with Gasteiger partial charge in [-0.1, -0.05) is 23.4 Å². The van der Waals surface area contributed by atoms with E-state index in [1.165, 1.54) is 0 Å². The first-order chi connectivity index (χ1) is 12.7. The minimum absolute atomic E-state index is 0.0459. The number of para-hydroxylation sites is 1. The molecule has 3 heterocycles. The minimum Gasteiger partial charge on any atom is -0.368 e. The zero-order valence-corrected chi connectivity index (χ0v) is 14.5. The molecule has 4 rings (SSSR count). The summed E-state index contributed by atoms with van der Waals surface area (Å²) in [4.78, 5) is 28.6. The number of hydrogen-bond donors (Lipinski definition) is 0. The standard InChI is InChI=1S/C18H21N5O3/c24-17(15-13-23(20-19-15)14-5-2-1-3-6-14)21-8-10-22(11-9-21)18(25)16-7-4-12-26-16/h1-3,5-6,13,16H,4,7-12H2. The van der Waals surface area contributed by atoms with Gasteiger partial charge in [-0.05, 0) is 25.0 Å². The fourth-order valence-corrected chi connectivity index (χ4v) is 3.34. The lowest BCUT2D eigenvalue weighted by Gasteiger charge is -2.35. The number of aromatic nitrogens is 3. The Labute approximate surface area is 151 Å². The molecule has 2 saturated heterocycles. The topological polar surface area (TPSA) is 80.6 Å². The second-order valence-corrected chi connectivity index (χ2v) is 6.50. The molecule has 0 aliphatic carbocycles. The first kappa shape index (κ1) is 16.7. The predicted octanol–water partition coefficient (Wildman–Crippen LogP) is 0.731. The van der Waals surface area contributed by atoms with Crippen LogP contribution in [0.4, 0.5) is 0 Å². The molecule has 0 saturated carbocycles. The van der Waals surface area contributed by atoms with Crippen LogP contribution >= 0.6 is 0 Å². The van der Waals surface area contributed by atoms with Crippen LogP contribution in [0, 0.1) is 0 Å². The fourth-order valence-electron chi connectivity index (χ4n) is 3.34. The van der Waals surface area contributed by atoms with Gasteiger partial charge < -0.3 is 14.5 Å². The molecule has 2 aliphatic rings. The second-order valence-electron chi connectivity index (χ2n) is 6.50. The van der Waals surface area contributed by atoms with Crippen LogP contribution in [0.15, 0.2) is 36.5 Å². The Bertz CT molecular complexity index is 777. The average Bonchev–Trinajstić information content (AvgIpc) is 3.40. The Balaban J connectivity index is 1.36. The van der Waals surface area contributed by atoms with Gasteiger partial charge in [0.05, 0.1) is 11.9 Å². The monoisotopic (exact) mass is 355 g/mol. The van der Waals surface area contributed by atoms with E-state index < -0.39 is 0 Å². The normalized spacial score (nSPS) is 20.4. The molecule has 1 aromatic heterocycles. The predicted molar refractivity (Wildman–Crippen MR) is 92.8 cm³/mol. The van der Waals surface area contributed by atoms with Gasteiger partial charge in [-0.25, -0.2) is 4.68 Å². The van der Waals surface area contributed by atoms with Crippen LogP contribution in [0.5, 0.6) is 0 Å². The van der Waals surface area contributed by atoms with Gasteiger partial charge in [0.15, 0.2) is 5.69 Å². The molecule has 0 N–H and O–H groups in total. The van der Waals surface area contributed by atoms with Crippen LogP contribution < -0.4 is 0 Å². The second kappa shape index (κ2) is 7.25. The Morgan fingerprint density at radius 3 is 2.46 bits per heavy atom. The SMILES string of the molecule is O=C(c1cn(-c2ccccc2)nn1)N1CCN(C(=O)C2CCCO2)CC1. The number of ether oxygens (including phenoxy) is 1. The van der Waals surface area contributed by atoms with Gasteiger partial charge in [-0.2, -0.15) is 0 Å². The van der Waals surface area contributed by atoms with Crippen LogP contribution in [0.25, 0.3) is 5.69 Å². The summed E-state index contributed by atoms with van der Waals surface area (Å²) in [7, 11) is 0. The van der Waals surface area contributed by atoms with E-state index in [4.69, 9.17) is 4.74 Å². The van der Waals surface area contributed by atoms with Crippen LogP contribution in [0.3, 0.4) is 0 Å². The van der Waals surface area contributed by atoms with Crippen molar-refractivity contribution in [3.8, 4) is 5.69 Å². The van der Waals surface area contributed by atoms with Gasteiger partial charge in [0.25, 0.3) is 11.8 Å². The Morgan fingerprint density at radius 2 is 1.77 bits per heavy atom. The Morgan fingerprint density at radius 1 is 1.04 bits per heavy atom. The van der Waals surface area contributed by atoms with Gasteiger partial charge in [0.2, 0.25) is 0 Å². The molecule has 2 aliphatic heterocycles. The number of rotatable bonds is 3. The lowest BCUT2D eigenvalue weighted by Crippen LogP contribution is -2.52. The van der Waals surface area contributed by atoms with Gasteiger partial charge in [0, 0.05) is 32.8 Å². The highest BCUT2D eigenvalue weighted by Gasteiger charge is 2.32. The average molecular weight is 355 g/mol.